The Kier molecular flexibility index (Phi) is 3.20. The van der Waals surface area contributed by atoms with E-state index < -0.39 is 0 Å². The van der Waals surface area contributed by atoms with Crippen molar-refractivity contribution >= 4 is 22.4 Å². The van der Waals surface area contributed by atoms with Crippen LogP contribution < -0.4 is 10.6 Å². The van der Waals surface area contributed by atoms with Gasteiger partial charge in [0.1, 0.15) is 0 Å². The van der Waals surface area contributed by atoms with Gasteiger partial charge >= 0.3 is 0 Å². The van der Waals surface area contributed by atoms with E-state index in [4.69, 9.17) is 0 Å². The quantitative estimate of drug-likeness (QED) is 0.823. The molecule has 98 valence electrons. The lowest BCUT2D eigenvalue weighted by Gasteiger charge is -2.15. The highest BCUT2D eigenvalue weighted by molar-refractivity contribution is 7.17. The van der Waals surface area contributed by atoms with Crippen LogP contribution in [-0.2, 0) is 0 Å². The minimum atomic E-state index is -0.0831. The first-order valence-corrected chi connectivity index (χ1v) is 7.39. The lowest BCUT2D eigenvalue weighted by atomic mass is 9.98. The molecular weight excluding hydrogens is 248 g/mol. The Labute approximate surface area is 110 Å². The maximum atomic E-state index is 11.9. The minimum absolute atomic E-state index is 0.0831. The van der Waals surface area contributed by atoms with E-state index in [9.17, 15) is 4.79 Å². The SMILES string of the molecule is CNc1nnc(C(=O)NCC(C2CC2)C2CC2)s1. The number of hydrogen-bond acceptors (Lipinski definition) is 5. The van der Waals surface area contributed by atoms with Crippen molar-refractivity contribution in [2.45, 2.75) is 25.7 Å². The lowest BCUT2D eigenvalue weighted by Crippen LogP contribution is -2.31. The van der Waals surface area contributed by atoms with Crippen LogP contribution >= 0.6 is 11.3 Å². The number of anilines is 1. The van der Waals surface area contributed by atoms with Crippen molar-refractivity contribution in [2.24, 2.45) is 17.8 Å². The van der Waals surface area contributed by atoms with Gasteiger partial charge in [-0.3, -0.25) is 4.79 Å². The van der Waals surface area contributed by atoms with E-state index in [0.717, 1.165) is 18.4 Å². The summed E-state index contributed by atoms with van der Waals surface area (Å²) in [5.41, 5.74) is 0. The molecule has 0 atom stereocenters. The Morgan fingerprint density at radius 2 is 2.00 bits per heavy atom. The van der Waals surface area contributed by atoms with Crippen LogP contribution in [0.2, 0.25) is 0 Å². The fourth-order valence-electron chi connectivity index (χ4n) is 2.47. The number of carbonyl (C=O) groups is 1. The van der Waals surface area contributed by atoms with Gasteiger partial charge in [-0.1, -0.05) is 11.3 Å². The van der Waals surface area contributed by atoms with Crippen molar-refractivity contribution in [2.75, 3.05) is 18.9 Å². The van der Waals surface area contributed by atoms with E-state index in [1.165, 1.54) is 37.0 Å². The summed E-state index contributed by atoms with van der Waals surface area (Å²) in [5, 5.41) is 14.8. The van der Waals surface area contributed by atoms with Crippen LogP contribution in [0.25, 0.3) is 0 Å². The predicted molar refractivity (Wildman–Crippen MR) is 70.7 cm³/mol. The van der Waals surface area contributed by atoms with Crippen LogP contribution in [0.3, 0.4) is 0 Å². The van der Waals surface area contributed by atoms with Crippen LogP contribution in [0.1, 0.15) is 35.5 Å². The molecule has 1 heterocycles. The smallest absolute Gasteiger partial charge is 0.282 e. The van der Waals surface area contributed by atoms with Crippen molar-refractivity contribution in [1.29, 1.82) is 0 Å². The second-order valence-electron chi connectivity index (χ2n) is 5.21. The molecule has 0 radical (unpaired) electrons. The van der Waals surface area contributed by atoms with Gasteiger partial charge in [0.25, 0.3) is 5.91 Å². The Balaban J connectivity index is 1.53. The van der Waals surface area contributed by atoms with Crippen molar-refractivity contribution < 1.29 is 4.79 Å². The third kappa shape index (κ3) is 2.63. The summed E-state index contributed by atoms with van der Waals surface area (Å²) in [6, 6.07) is 0. The average molecular weight is 266 g/mol. The largest absolute Gasteiger partial charge is 0.363 e. The van der Waals surface area contributed by atoms with Crippen LogP contribution in [0.4, 0.5) is 5.13 Å². The third-order valence-electron chi connectivity index (χ3n) is 3.79. The molecule has 0 aliphatic heterocycles. The van der Waals surface area contributed by atoms with Gasteiger partial charge in [-0.25, -0.2) is 0 Å². The number of aromatic nitrogens is 2. The molecule has 0 bridgehead atoms. The molecule has 2 aliphatic carbocycles. The lowest BCUT2D eigenvalue weighted by molar-refractivity contribution is 0.0942. The zero-order valence-corrected chi connectivity index (χ0v) is 11.3. The Hall–Kier alpha value is -1.17. The highest BCUT2D eigenvalue weighted by atomic mass is 32.1. The summed E-state index contributed by atoms with van der Waals surface area (Å²) < 4.78 is 0. The van der Waals surface area contributed by atoms with E-state index in [0.29, 0.717) is 16.1 Å². The molecule has 0 spiro atoms. The fourth-order valence-corrected chi connectivity index (χ4v) is 3.08. The Bertz CT molecular complexity index is 427. The molecule has 2 N–H and O–H groups in total. The van der Waals surface area contributed by atoms with Gasteiger partial charge in [0.2, 0.25) is 10.1 Å². The van der Waals surface area contributed by atoms with Gasteiger partial charge in [-0.2, -0.15) is 0 Å². The van der Waals surface area contributed by atoms with Crippen LogP contribution in [0, 0.1) is 17.8 Å². The van der Waals surface area contributed by atoms with E-state index >= 15 is 0 Å². The van der Waals surface area contributed by atoms with Gasteiger partial charge in [0.05, 0.1) is 0 Å². The summed E-state index contributed by atoms with van der Waals surface area (Å²) in [6.45, 7) is 0.808. The summed E-state index contributed by atoms with van der Waals surface area (Å²) in [6.07, 6.45) is 5.39. The first-order valence-electron chi connectivity index (χ1n) is 6.57. The highest BCUT2D eigenvalue weighted by Gasteiger charge is 2.41. The van der Waals surface area contributed by atoms with Crippen LogP contribution in [-0.4, -0.2) is 29.7 Å². The second-order valence-corrected chi connectivity index (χ2v) is 6.19. The molecule has 0 saturated heterocycles. The molecule has 1 amide bonds. The molecule has 2 aliphatic rings. The van der Waals surface area contributed by atoms with Gasteiger partial charge in [-0.15, -0.1) is 10.2 Å². The minimum Gasteiger partial charge on any atom is -0.363 e. The number of carbonyl (C=O) groups excluding carboxylic acids is 1. The predicted octanol–water partition coefficient (Wildman–Crippen LogP) is 1.75. The number of nitrogens with one attached hydrogen (secondary N) is 2. The Morgan fingerprint density at radius 3 is 2.50 bits per heavy atom. The first-order chi connectivity index (χ1) is 8.78. The highest BCUT2D eigenvalue weighted by Crippen LogP contribution is 2.48. The molecule has 3 rings (SSSR count). The summed E-state index contributed by atoms with van der Waals surface area (Å²) in [4.78, 5) is 11.9. The fraction of sp³-hybridized carbons (Fsp3) is 0.750. The zero-order valence-electron chi connectivity index (χ0n) is 10.5. The average Bonchev–Trinajstić information content (AvgIpc) is 3.30. The molecule has 6 heteroatoms. The molecule has 18 heavy (non-hydrogen) atoms. The number of amides is 1. The molecule has 0 aromatic carbocycles. The molecule has 2 fully saturated rings. The topological polar surface area (TPSA) is 66.9 Å². The van der Waals surface area contributed by atoms with E-state index in [1.54, 1.807) is 7.05 Å². The molecular formula is C12H18N4OS. The van der Waals surface area contributed by atoms with Crippen LogP contribution in [0.15, 0.2) is 0 Å². The summed E-state index contributed by atoms with van der Waals surface area (Å²) in [5.74, 6) is 2.34. The van der Waals surface area contributed by atoms with Gasteiger partial charge in [0.15, 0.2) is 0 Å². The monoisotopic (exact) mass is 266 g/mol. The first kappa shape index (κ1) is 11.9. The maximum absolute atomic E-state index is 11.9. The van der Waals surface area contributed by atoms with Crippen molar-refractivity contribution in [3.63, 3.8) is 0 Å². The van der Waals surface area contributed by atoms with Crippen molar-refractivity contribution in [3.8, 4) is 0 Å². The van der Waals surface area contributed by atoms with E-state index in [2.05, 4.69) is 20.8 Å². The maximum Gasteiger partial charge on any atom is 0.282 e. The second kappa shape index (κ2) is 4.84. The standard InChI is InChI=1S/C12H18N4OS/c1-13-12-16-15-11(18-12)10(17)14-6-9(7-2-3-7)8-4-5-8/h7-9H,2-6H2,1H3,(H,13,16)(H,14,17). The van der Waals surface area contributed by atoms with Crippen LogP contribution in [0.5, 0.6) is 0 Å². The molecule has 0 unspecified atom stereocenters. The zero-order chi connectivity index (χ0) is 12.5. The van der Waals surface area contributed by atoms with Crippen molar-refractivity contribution in [3.05, 3.63) is 5.01 Å². The van der Waals surface area contributed by atoms with Gasteiger partial charge in [-0.05, 0) is 43.4 Å². The Morgan fingerprint density at radius 1 is 1.33 bits per heavy atom. The number of rotatable bonds is 6. The summed E-state index contributed by atoms with van der Waals surface area (Å²) >= 11 is 1.30. The third-order valence-corrected chi connectivity index (χ3v) is 4.73. The normalized spacial score (nSPS) is 19.0. The molecule has 1 aromatic heterocycles. The molecule has 2 saturated carbocycles. The van der Waals surface area contributed by atoms with E-state index in [1.807, 2.05) is 0 Å². The van der Waals surface area contributed by atoms with E-state index in [-0.39, 0.29) is 5.91 Å². The molecule has 5 nitrogen and oxygen atoms in total. The number of nitrogens with zero attached hydrogens (tertiary/aromatic N) is 2. The van der Waals surface area contributed by atoms with Gasteiger partial charge < -0.3 is 10.6 Å². The van der Waals surface area contributed by atoms with Gasteiger partial charge in [0, 0.05) is 13.6 Å². The number of hydrogen-bond donors (Lipinski definition) is 2. The van der Waals surface area contributed by atoms with Crippen molar-refractivity contribution in [1.82, 2.24) is 15.5 Å². The molecule has 1 aromatic rings. The summed E-state index contributed by atoms with van der Waals surface area (Å²) in [7, 11) is 1.78.